The van der Waals surface area contributed by atoms with Crippen molar-refractivity contribution >= 4 is 29.1 Å². The van der Waals surface area contributed by atoms with E-state index < -0.39 is 23.8 Å². The van der Waals surface area contributed by atoms with Crippen LogP contribution in [-0.2, 0) is 20.8 Å². The second kappa shape index (κ2) is 9.31. The number of rotatable bonds is 9. The van der Waals surface area contributed by atoms with E-state index >= 15 is 0 Å². The molecule has 2 amide bonds. The maximum Gasteiger partial charge on any atom is 0.326 e. The van der Waals surface area contributed by atoms with Gasteiger partial charge >= 0.3 is 5.97 Å². The van der Waals surface area contributed by atoms with Gasteiger partial charge in [-0.2, -0.15) is 11.3 Å². The number of amides is 2. The number of aryl methyl sites for hydroxylation is 1. The predicted molar refractivity (Wildman–Crippen MR) is 100 cm³/mol. The van der Waals surface area contributed by atoms with Gasteiger partial charge in [0.15, 0.2) is 0 Å². The summed E-state index contributed by atoms with van der Waals surface area (Å²) in [6.07, 6.45) is 0.291. The molecule has 0 bridgehead atoms. The van der Waals surface area contributed by atoms with Crippen LogP contribution in [-0.4, -0.2) is 40.5 Å². The summed E-state index contributed by atoms with van der Waals surface area (Å²) in [5.41, 5.74) is 1.34. The molecule has 146 valence electrons. The van der Waals surface area contributed by atoms with Gasteiger partial charge in [-0.15, -0.1) is 0 Å². The zero-order valence-electron chi connectivity index (χ0n) is 15.4. The number of hydrogen-bond acceptors (Lipinski definition) is 6. The van der Waals surface area contributed by atoms with Gasteiger partial charge in [0.1, 0.15) is 11.8 Å². The standard InChI is InChI=1S/C18H23N3O5S/c1-10(2)6-14(18(24)25)20-16(23)8-19-15(22)7-13-11(3)26-17(21-13)12-4-5-27-9-12/h4-5,9-10,14H,6-8H2,1-3H3,(H,19,22)(H,20,23)(H,24,25)/t14-/m0/s1. The lowest BCUT2D eigenvalue weighted by Gasteiger charge is -2.16. The summed E-state index contributed by atoms with van der Waals surface area (Å²) in [4.78, 5) is 39.5. The van der Waals surface area contributed by atoms with Crippen LogP contribution in [0.5, 0.6) is 0 Å². The Morgan fingerprint density at radius 1 is 1.30 bits per heavy atom. The maximum absolute atomic E-state index is 12.1. The Bertz CT molecular complexity index is 798. The summed E-state index contributed by atoms with van der Waals surface area (Å²) < 4.78 is 5.57. The first-order valence-corrected chi connectivity index (χ1v) is 9.48. The third kappa shape index (κ3) is 6.21. The molecule has 9 heteroatoms. The highest BCUT2D eigenvalue weighted by molar-refractivity contribution is 7.08. The fourth-order valence-electron chi connectivity index (χ4n) is 2.43. The van der Waals surface area contributed by atoms with Crippen molar-refractivity contribution in [3.05, 3.63) is 28.3 Å². The number of carbonyl (C=O) groups is 3. The number of carboxylic acids is 1. The SMILES string of the molecule is Cc1oc(-c2ccsc2)nc1CC(=O)NCC(=O)N[C@@H](CC(C)C)C(=O)O. The zero-order chi connectivity index (χ0) is 20.0. The van der Waals surface area contributed by atoms with E-state index in [2.05, 4.69) is 15.6 Å². The molecule has 0 saturated heterocycles. The van der Waals surface area contributed by atoms with Gasteiger partial charge in [-0.05, 0) is 30.7 Å². The van der Waals surface area contributed by atoms with Crippen molar-refractivity contribution in [1.82, 2.24) is 15.6 Å². The lowest BCUT2D eigenvalue weighted by atomic mass is 10.0. The predicted octanol–water partition coefficient (Wildman–Crippen LogP) is 1.99. The number of oxazole rings is 1. The van der Waals surface area contributed by atoms with E-state index in [1.165, 1.54) is 11.3 Å². The minimum absolute atomic E-state index is 0.0267. The van der Waals surface area contributed by atoms with E-state index in [4.69, 9.17) is 9.52 Å². The van der Waals surface area contributed by atoms with Crippen LogP contribution in [0.3, 0.4) is 0 Å². The number of carboxylic acid groups (broad SMARTS) is 1. The van der Waals surface area contributed by atoms with Crippen LogP contribution in [0.4, 0.5) is 0 Å². The fourth-order valence-corrected chi connectivity index (χ4v) is 3.06. The minimum Gasteiger partial charge on any atom is -0.480 e. The van der Waals surface area contributed by atoms with Crippen molar-refractivity contribution in [1.29, 1.82) is 0 Å². The molecule has 0 aliphatic rings. The van der Waals surface area contributed by atoms with Gasteiger partial charge in [0.2, 0.25) is 17.7 Å². The molecule has 0 fully saturated rings. The van der Waals surface area contributed by atoms with Crippen molar-refractivity contribution in [3.8, 4) is 11.5 Å². The van der Waals surface area contributed by atoms with E-state index in [9.17, 15) is 14.4 Å². The van der Waals surface area contributed by atoms with Gasteiger partial charge in [-0.3, -0.25) is 9.59 Å². The van der Waals surface area contributed by atoms with Crippen LogP contribution in [0.1, 0.15) is 31.7 Å². The van der Waals surface area contributed by atoms with Gasteiger partial charge in [0.05, 0.1) is 18.7 Å². The quantitative estimate of drug-likeness (QED) is 0.599. The van der Waals surface area contributed by atoms with Gasteiger partial charge < -0.3 is 20.2 Å². The molecule has 2 aromatic heterocycles. The lowest BCUT2D eigenvalue weighted by molar-refractivity contribution is -0.142. The third-order valence-electron chi connectivity index (χ3n) is 3.78. The number of hydrogen-bond donors (Lipinski definition) is 3. The molecule has 2 rings (SSSR count). The van der Waals surface area contributed by atoms with Crippen LogP contribution in [0, 0.1) is 12.8 Å². The van der Waals surface area contributed by atoms with Crippen LogP contribution >= 0.6 is 11.3 Å². The number of carbonyl (C=O) groups excluding carboxylic acids is 2. The smallest absolute Gasteiger partial charge is 0.326 e. The molecule has 0 saturated carbocycles. The summed E-state index contributed by atoms with van der Waals surface area (Å²) in [7, 11) is 0. The summed E-state index contributed by atoms with van der Waals surface area (Å²) in [6.45, 7) is 5.17. The van der Waals surface area contributed by atoms with Crippen molar-refractivity contribution in [2.24, 2.45) is 5.92 Å². The highest BCUT2D eigenvalue weighted by atomic mass is 32.1. The van der Waals surface area contributed by atoms with Gasteiger partial charge in [-0.25, -0.2) is 9.78 Å². The van der Waals surface area contributed by atoms with Crippen LogP contribution in [0.25, 0.3) is 11.5 Å². The molecule has 27 heavy (non-hydrogen) atoms. The number of aliphatic carboxylic acids is 1. The lowest BCUT2D eigenvalue weighted by Crippen LogP contribution is -2.46. The van der Waals surface area contributed by atoms with Crippen molar-refractivity contribution in [2.45, 2.75) is 39.7 Å². The van der Waals surface area contributed by atoms with E-state index in [0.717, 1.165) is 5.56 Å². The summed E-state index contributed by atoms with van der Waals surface area (Å²) in [6, 6.07) is 0.903. The van der Waals surface area contributed by atoms with Crippen LogP contribution in [0.2, 0.25) is 0 Å². The molecule has 2 heterocycles. The van der Waals surface area contributed by atoms with Crippen molar-refractivity contribution in [2.75, 3.05) is 6.54 Å². The monoisotopic (exact) mass is 393 g/mol. The Hall–Kier alpha value is -2.68. The summed E-state index contributed by atoms with van der Waals surface area (Å²) in [5.74, 6) is -0.927. The van der Waals surface area contributed by atoms with Gasteiger partial charge in [0, 0.05) is 10.9 Å². The first kappa shape index (κ1) is 20.6. The number of nitrogens with one attached hydrogen (secondary N) is 2. The molecule has 1 atom stereocenters. The molecular weight excluding hydrogens is 370 g/mol. The maximum atomic E-state index is 12.1. The molecule has 0 radical (unpaired) electrons. The van der Waals surface area contributed by atoms with Crippen LogP contribution < -0.4 is 10.6 Å². The first-order valence-electron chi connectivity index (χ1n) is 8.54. The van der Waals surface area contributed by atoms with E-state index in [-0.39, 0.29) is 18.9 Å². The molecule has 2 aromatic rings. The topological polar surface area (TPSA) is 122 Å². The molecule has 0 aliphatic heterocycles. The van der Waals surface area contributed by atoms with Gasteiger partial charge in [0.25, 0.3) is 0 Å². The third-order valence-corrected chi connectivity index (χ3v) is 4.46. The van der Waals surface area contributed by atoms with Crippen molar-refractivity contribution < 1.29 is 23.9 Å². The van der Waals surface area contributed by atoms with Crippen LogP contribution in [0.15, 0.2) is 21.2 Å². The molecule has 8 nitrogen and oxygen atoms in total. The Labute approximate surface area is 161 Å². The first-order chi connectivity index (χ1) is 12.8. The highest BCUT2D eigenvalue weighted by Crippen LogP contribution is 2.23. The molecular formula is C18H23N3O5S. The molecule has 0 aromatic carbocycles. The Balaban J connectivity index is 1.85. The average Bonchev–Trinajstić information content (AvgIpc) is 3.22. The summed E-state index contributed by atoms with van der Waals surface area (Å²) >= 11 is 1.52. The van der Waals surface area contributed by atoms with Crippen molar-refractivity contribution in [3.63, 3.8) is 0 Å². The largest absolute Gasteiger partial charge is 0.480 e. The van der Waals surface area contributed by atoms with Gasteiger partial charge in [-0.1, -0.05) is 13.8 Å². The second-order valence-corrected chi connectivity index (χ2v) is 7.36. The Kier molecular flexibility index (Phi) is 7.12. The molecule has 3 N–H and O–H groups in total. The minimum atomic E-state index is -1.09. The van der Waals surface area contributed by atoms with E-state index in [1.54, 1.807) is 6.92 Å². The Morgan fingerprint density at radius 3 is 2.63 bits per heavy atom. The Morgan fingerprint density at radius 2 is 2.04 bits per heavy atom. The number of nitrogens with zero attached hydrogens (tertiary/aromatic N) is 1. The molecule has 0 aliphatic carbocycles. The molecule has 0 unspecified atom stereocenters. The zero-order valence-corrected chi connectivity index (χ0v) is 16.3. The normalized spacial score (nSPS) is 12.0. The molecule has 0 spiro atoms. The van der Waals surface area contributed by atoms with E-state index in [1.807, 2.05) is 30.7 Å². The fraction of sp³-hybridized carbons (Fsp3) is 0.444. The number of thiophene rings is 1. The highest BCUT2D eigenvalue weighted by Gasteiger charge is 2.21. The number of aromatic nitrogens is 1. The summed E-state index contributed by atoms with van der Waals surface area (Å²) in [5, 5.41) is 17.8. The second-order valence-electron chi connectivity index (χ2n) is 6.58. The average molecular weight is 393 g/mol. The van der Waals surface area contributed by atoms with E-state index in [0.29, 0.717) is 23.8 Å².